The molecule has 0 bridgehead atoms. The molecule has 0 atom stereocenters. The molecular formula is H12BaO5Ta2. The van der Waals surface area contributed by atoms with Crippen molar-refractivity contribution in [3.63, 3.8) is 0 Å². The minimum absolute atomic E-state index is 0. The molecule has 0 saturated heterocycles. The first-order chi connectivity index (χ1) is 0. The maximum absolute atomic E-state index is 0. The van der Waals surface area contributed by atoms with Crippen LogP contribution < -0.4 is 0 Å². The van der Waals surface area contributed by atoms with Crippen molar-refractivity contribution >= 4 is 48.9 Å². The van der Waals surface area contributed by atoms with Gasteiger partial charge in [-0.15, -0.1) is 0 Å². The summed E-state index contributed by atoms with van der Waals surface area (Å²) in [6, 6.07) is 0. The Bertz CT molecular complexity index is 17.6. The molecule has 0 fully saturated rings. The zero-order chi connectivity index (χ0) is 0. The summed E-state index contributed by atoms with van der Waals surface area (Å²) in [5.74, 6) is 0. The third-order valence-electron chi connectivity index (χ3n) is 0. The van der Waals surface area contributed by atoms with Crippen molar-refractivity contribution < 1.29 is 75.0 Å². The fourth-order valence-electron chi connectivity index (χ4n) is 0. The predicted octanol–water partition coefficient (Wildman–Crippen LogP) is -4.28. The Hall–Kier alpha value is 2.85. The molecule has 0 spiro atoms. The van der Waals surface area contributed by atoms with Crippen LogP contribution in [-0.2, 0) is 44.8 Å². The van der Waals surface area contributed by atoms with Crippen molar-refractivity contribution in [2.45, 2.75) is 0 Å². The van der Waals surface area contributed by atoms with Crippen molar-refractivity contribution in [2.75, 3.05) is 0 Å². The molecule has 0 rings (SSSR count). The number of hydrogen-bond donors (Lipinski definition) is 0. The molecule has 54 valence electrons. The second-order valence-electron chi connectivity index (χ2n) is 0. The topological polar surface area (TPSA) is 158 Å². The summed E-state index contributed by atoms with van der Waals surface area (Å²) in [5.41, 5.74) is 0. The summed E-state index contributed by atoms with van der Waals surface area (Å²) in [4.78, 5) is 0. The Labute approximate surface area is 122 Å². The minimum Gasteiger partial charge on any atom is -1.00 e. The van der Waals surface area contributed by atoms with Crippen LogP contribution in [0.25, 0.3) is 0 Å². The van der Waals surface area contributed by atoms with E-state index in [1.807, 2.05) is 0 Å². The van der Waals surface area contributed by atoms with E-state index in [1.54, 1.807) is 0 Å². The quantitative estimate of drug-likeness (QED) is 0.250. The van der Waals surface area contributed by atoms with Gasteiger partial charge in [0.2, 0.25) is 0 Å². The van der Waals surface area contributed by atoms with Gasteiger partial charge < -0.3 is 30.2 Å². The van der Waals surface area contributed by atoms with Crippen molar-refractivity contribution in [3.05, 3.63) is 0 Å². The summed E-state index contributed by atoms with van der Waals surface area (Å²) < 4.78 is 0. The van der Waals surface area contributed by atoms with Crippen LogP contribution in [-0.4, -0.2) is 76.3 Å². The molecule has 0 aromatic heterocycles. The van der Waals surface area contributed by atoms with Crippen LogP contribution in [0.4, 0.5) is 0 Å². The van der Waals surface area contributed by atoms with Gasteiger partial charge in [-0.05, 0) is 0 Å². The van der Waals surface area contributed by atoms with Gasteiger partial charge in [0.15, 0.2) is 0 Å². The van der Waals surface area contributed by atoms with E-state index in [9.17, 15) is 0 Å². The normalized spacial score (nSPS) is 0. The summed E-state index contributed by atoms with van der Waals surface area (Å²) in [5, 5.41) is 0. The molecule has 0 aliphatic rings. The van der Waals surface area contributed by atoms with Gasteiger partial charge in [0.1, 0.15) is 0 Å². The van der Waals surface area contributed by atoms with Crippen molar-refractivity contribution in [2.24, 2.45) is 0 Å². The maximum atomic E-state index is 0. The third kappa shape index (κ3) is 67.1. The van der Waals surface area contributed by atoms with E-state index in [1.165, 1.54) is 0 Å². The van der Waals surface area contributed by atoms with Crippen LogP contribution in [0.15, 0.2) is 0 Å². The molecule has 8 heavy (non-hydrogen) atoms. The molecule has 0 heterocycles. The second-order valence-corrected chi connectivity index (χ2v) is 0. The zero-order valence-electron chi connectivity index (χ0n) is 6.10. The molecule has 2 radical (unpaired) electrons. The summed E-state index contributed by atoms with van der Waals surface area (Å²) in [6.45, 7) is 0. The van der Waals surface area contributed by atoms with Crippen molar-refractivity contribution in [1.82, 2.24) is 0 Å². The van der Waals surface area contributed by atoms with E-state index >= 15 is 0 Å². The first-order valence-corrected chi connectivity index (χ1v) is 0. The molecule has 0 aromatic rings. The standard InChI is InChI=1S/Ba.5H2O.2Ta.2H/h;5*1H2;;;;/q+2;;;;;;;;2*-1. The van der Waals surface area contributed by atoms with Gasteiger partial charge >= 0.3 is 48.9 Å². The van der Waals surface area contributed by atoms with E-state index in [0.29, 0.717) is 0 Å². The molecule has 0 aliphatic heterocycles. The Morgan fingerprint density at radius 1 is 0.500 bits per heavy atom. The SMILES string of the molecule is O.O.O.O.O.[Ba+2].[H-].[H-].[Ta].[Ta]. The largest absolute Gasteiger partial charge is 2.00 e. The van der Waals surface area contributed by atoms with Gasteiger partial charge in [-0.1, -0.05) is 0 Å². The van der Waals surface area contributed by atoms with E-state index in [4.69, 9.17) is 0 Å². The van der Waals surface area contributed by atoms with Crippen LogP contribution in [0, 0.1) is 0 Å². The first kappa shape index (κ1) is 129. The Balaban J connectivity index is 0. The predicted molar refractivity (Wildman–Crippen MR) is 26.0 cm³/mol. The summed E-state index contributed by atoms with van der Waals surface area (Å²) >= 11 is 0. The zero-order valence-corrected chi connectivity index (χ0v) is 15.0. The molecule has 8 heteroatoms. The van der Waals surface area contributed by atoms with Gasteiger partial charge in [-0.2, -0.15) is 0 Å². The van der Waals surface area contributed by atoms with E-state index in [0.717, 1.165) is 0 Å². The Morgan fingerprint density at radius 2 is 0.500 bits per heavy atom. The van der Waals surface area contributed by atoms with Crippen LogP contribution in [0.2, 0.25) is 0 Å². The molecule has 0 saturated carbocycles. The fourth-order valence-corrected chi connectivity index (χ4v) is 0. The van der Waals surface area contributed by atoms with Crippen LogP contribution >= 0.6 is 0 Å². The van der Waals surface area contributed by atoms with Gasteiger partial charge in [0.25, 0.3) is 0 Å². The van der Waals surface area contributed by atoms with E-state index < -0.39 is 0 Å². The van der Waals surface area contributed by atoms with E-state index in [-0.39, 0.29) is 124 Å². The van der Waals surface area contributed by atoms with E-state index in [2.05, 4.69) is 0 Å². The molecular weight excluding hydrogens is 579 g/mol. The second kappa shape index (κ2) is 94.9. The van der Waals surface area contributed by atoms with Crippen LogP contribution in [0.1, 0.15) is 2.85 Å². The molecule has 0 amide bonds. The van der Waals surface area contributed by atoms with Gasteiger partial charge in [0, 0.05) is 44.8 Å². The molecule has 0 aliphatic carbocycles. The monoisotopic (exact) mass is 592 g/mol. The maximum Gasteiger partial charge on any atom is 2.00 e. The minimum atomic E-state index is 0. The molecule has 0 unspecified atom stereocenters. The van der Waals surface area contributed by atoms with Crippen LogP contribution in [0.3, 0.4) is 0 Å². The average Bonchev–Trinajstić information content (AvgIpc) is 0. The smallest absolute Gasteiger partial charge is 1.00 e. The summed E-state index contributed by atoms with van der Waals surface area (Å²) in [6.07, 6.45) is 0. The Morgan fingerprint density at radius 3 is 0.500 bits per heavy atom. The average molecular weight is 591 g/mol. The third-order valence-corrected chi connectivity index (χ3v) is 0. The van der Waals surface area contributed by atoms with Gasteiger partial charge in [-0.3, -0.25) is 0 Å². The van der Waals surface area contributed by atoms with Crippen LogP contribution in [0.5, 0.6) is 0 Å². The van der Waals surface area contributed by atoms with Crippen molar-refractivity contribution in [3.8, 4) is 0 Å². The van der Waals surface area contributed by atoms with Gasteiger partial charge in [0.05, 0.1) is 0 Å². The number of rotatable bonds is 0. The molecule has 10 N–H and O–H groups in total. The summed E-state index contributed by atoms with van der Waals surface area (Å²) in [7, 11) is 0. The first-order valence-electron chi connectivity index (χ1n) is 0. The Kier molecular flexibility index (Phi) is 1540. The van der Waals surface area contributed by atoms with Gasteiger partial charge in [-0.25, -0.2) is 0 Å². The molecule has 5 nitrogen and oxygen atoms in total. The van der Waals surface area contributed by atoms with Crippen molar-refractivity contribution in [1.29, 1.82) is 0 Å². The molecule has 0 aromatic carbocycles. The number of hydrogen-bond acceptors (Lipinski definition) is 0. The fraction of sp³-hybridized carbons (Fsp3) is 0.